The summed E-state index contributed by atoms with van der Waals surface area (Å²) < 4.78 is 0. The number of anilines is 1. The first-order chi connectivity index (χ1) is 13.5. The molecular formula is C20H29N5O2S. The number of hydrogen-bond acceptors (Lipinski definition) is 6. The molecule has 152 valence electrons. The zero-order chi connectivity index (χ0) is 20.0. The lowest BCUT2D eigenvalue weighted by molar-refractivity contribution is -0.124. The van der Waals surface area contributed by atoms with Gasteiger partial charge < -0.3 is 10.6 Å². The van der Waals surface area contributed by atoms with Gasteiger partial charge in [0.2, 0.25) is 11.8 Å². The fourth-order valence-electron chi connectivity index (χ4n) is 4.08. The topological polar surface area (TPSA) is 98.1 Å². The molecule has 0 radical (unpaired) electrons. The molecule has 1 aliphatic heterocycles. The first-order valence-electron chi connectivity index (χ1n) is 10.2. The van der Waals surface area contributed by atoms with E-state index in [0.29, 0.717) is 24.8 Å². The van der Waals surface area contributed by atoms with Crippen molar-refractivity contribution in [2.24, 2.45) is 5.92 Å². The van der Waals surface area contributed by atoms with Gasteiger partial charge in [-0.15, -0.1) is 11.3 Å². The number of amides is 2. The summed E-state index contributed by atoms with van der Waals surface area (Å²) in [4.78, 5) is 31.3. The molecule has 0 spiro atoms. The average molecular weight is 404 g/mol. The minimum Gasteiger partial charge on any atom is -0.337 e. The number of likely N-dealkylation sites (tertiary alicyclic amines) is 1. The molecule has 2 aliphatic rings. The summed E-state index contributed by atoms with van der Waals surface area (Å²) in [6.45, 7) is 3.62. The highest BCUT2D eigenvalue weighted by molar-refractivity contribution is 7.13. The Bertz CT molecular complexity index is 725. The van der Waals surface area contributed by atoms with Gasteiger partial charge >= 0.3 is 0 Å². The minimum absolute atomic E-state index is 0.0142. The number of hydrogen-bond donors (Lipinski definition) is 2. The van der Waals surface area contributed by atoms with Crippen molar-refractivity contribution in [3.05, 3.63) is 11.1 Å². The van der Waals surface area contributed by atoms with Gasteiger partial charge in [-0.05, 0) is 45.7 Å². The summed E-state index contributed by atoms with van der Waals surface area (Å²) in [5, 5.41) is 18.1. The van der Waals surface area contributed by atoms with Crippen LogP contribution in [0.15, 0.2) is 5.38 Å². The fourth-order valence-corrected chi connectivity index (χ4v) is 4.77. The lowest BCUT2D eigenvalue weighted by atomic mass is 9.91. The van der Waals surface area contributed by atoms with Gasteiger partial charge in [-0.3, -0.25) is 14.5 Å². The number of rotatable bonds is 5. The van der Waals surface area contributed by atoms with Gasteiger partial charge in [0.25, 0.3) is 0 Å². The second-order valence-corrected chi connectivity index (χ2v) is 8.85. The molecule has 1 aromatic heterocycles. The summed E-state index contributed by atoms with van der Waals surface area (Å²) >= 11 is 1.44. The number of carbonyl (C=O) groups is 2. The van der Waals surface area contributed by atoms with Crippen molar-refractivity contribution in [2.75, 3.05) is 25.0 Å². The summed E-state index contributed by atoms with van der Waals surface area (Å²) in [5.41, 5.74) is 0.211. The van der Waals surface area contributed by atoms with Gasteiger partial charge in [-0.25, -0.2) is 4.98 Å². The third-order valence-corrected chi connectivity index (χ3v) is 6.60. The molecule has 1 aromatic rings. The number of nitrogens with one attached hydrogen (secondary N) is 2. The Kier molecular flexibility index (Phi) is 7.03. The van der Waals surface area contributed by atoms with Gasteiger partial charge in [0.15, 0.2) is 5.13 Å². The standard InChI is InChI=1S/C20H29N5O2S/c1-15-13-28-19(22-15)23-18(27)16-6-10-25(11-7-16)12-17(26)24-20(14-21)8-4-2-3-5-9-20/h13,16H,2-12H2,1H3,(H,24,26)(H,22,23,27). The summed E-state index contributed by atoms with van der Waals surface area (Å²) in [6, 6.07) is 2.36. The predicted octanol–water partition coefficient (Wildman–Crippen LogP) is 2.83. The molecule has 1 saturated heterocycles. The van der Waals surface area contributed by atoms with E-state index in [4.69, 9.17) is 0 Å². The number of aromatic nitrogens is 1. The van der Waals surface area contributed by atoms with Gasteiger partial charge in [0.1, 0.15) is 5.54 Å². The molecule has 0 bridgehead atoms. The highest BCUT2D eigenvalue weighted by Gasteiger charge is 2.33. The van der Waals surface area contributed by atoms with E-state index >= 15 is 0 Å². The monoisotopic (exact) mass is 403 g/mol. The smallest absolute Gasteiger partial charge is 0.235 e. The SMILES string of the molecule is Cc1csc(NC(=O)C2CCN(CC(=O)NC3(C#N)CCCCCC3)CC2)n1. The van der Waals surface area contributed by atoms with Crippen molar-refractivity contribution in [3.8, 4) is 6.07 Å². The van der Waals surface area contributed by atoms with Crippen LogP contribution in [0.1, 0.15) is 57.1 Å². The number of nitrogens with zero attached hydrogens (tertiary/aromatic N) is 3. The molecule has 2 N–H and O–H groups in total. The Labute approximate surface area is 170 Å². The maximum Gasteiger partial charge on any atom is 0.235 e. The molecule has 1 saturated carbocycles. The quantitative estimate of drug-likeness (QED) is 0.737. The Morgan fingerprint density at radius 1 is 1.29 bits per heavy atom. The van der Waals surface area contributed by atoms with E-state index in [-0.39, 0.29) is 17.7 Å². The van der Waals surface area contributed by atoms with E-state index in [2.05, 4.69) is 26.6 Å². The maximum atomic E-state index is 12.5. The third-order valence-electron chi connectivity index (χ3n) is 5.72. The fraction of sp³-hybridized carbons (Fsp3) is 0.700. The van der Waals surface area contributed by atoms with Gasteiger partial charge in [-0.2, -0.15) is 5.26 Å². The van der Waals surface area contributed by atoms with Crippen LogP contribution in [-0.4, -0.2) is 46.9 Å². The van der Waals surface area contributed by atoms with E-state index < -0.39 is 5.54 Å². The minimum atomic E-state index is -0.697. The zero-order valence-electron chi connectivity index (χ0n) is 16.5. The summed E-state index contributed by atoms with van der Waals surface area (Å²) in [6.07, 6.45) is 7.20. The Morgan fingerprint density at radius 2 is 1.96 bits per heavy atom. The van der Waals surface area contributed by atoms with E-state index in [9.17, 15) is 14.9 Å². The molecule has 7 nitrogen and oxygen atoms in total. The van der Waals surface area contributed by atoms with Crippen LogP contribution < -0.4 is 10.6 Å². The van der Waals surface area contributed by atoms with E-state index in [1.54, 1.807) is 0 Å². The maximum absolute atomic E-state index is 12.5. The van der Waals surface area contributed by atoms with Crippen molar-refractivity contribution in [3.63, 3.8) is 0 Å². The molecule has 0 atom stereocenters. The molecule has 28 heavy (non-hydrogen) atoms. The van der Waals surface area contributed by atoms with Gasteiger partial charge in [0, 0.05) is 11.3 Å². The first-order valence-corrected chi connectivity index (χ1v) is 11.1. The van der Waals surface area contributed by atoms with Crippen LogP contribution >= 0.6 is 11.3 Å². The van der Waals surface area contributed by atoms with Crippen LogP contribution in [0, 0.1) is 24.2 Å². The highest BCUT2D eigenvalue weighted by atomic mass is 32.1. The molecule has 2 amide bonds. The third kappa shape index (κ3) is 5.52. The zero-order valence-corrected chi connectivity index (χ0v) is 17.3. The second-order valence-electron chi connectivity index (χ2n) is 7.99. The molecule has 0 aromatic carbocycles. The van der Waals surface area contributed by atoms with E-state index in [1.807, 2.05) is 12.3 Å². The molecule has 2 heterocycles. The number of carbonyl (C=O) groups excluding carboxylic acids is 2. The lowest BCUT2D eigenvalue weighted by Gasteiger charge is -2.32. The Hall–Kier alpha value is -1.98. The van der Waals surface area contributed by atoms with Crippen LogP contribution in [0.4, 0.5) is 5.13 Å². The molecule has 2 fully saturated rings. The predicted molar refractivity (Wildman–Crippen MR) is 109 cm³/mol. The Morgan fingerprint density at radius 3 is 2.54 bits per heavy atom. The number of piperidine rings is 1. The molecular weight excluding hydrogens is 374 g/mol. The molecule has 3 rings (SSSR count). The van der Waals surface area contributed by atoms with Crippen molar-refractivity contribution in [1.82, 2.24) is 15.2 Å². The number of aryl methyl sites for hydroxylation is 1. The second kappa shape index (κ2) is 9.48. The van der Waals surface area contributed by atoms with Crippen molar-refractivity contribution in [2.45, 2.75) is 63.8 Å². The normalized spacial score (nSPS) is 20.7. The van der Waals surface area contributed by atoms with Crippen LogP contribution in [0.25, 0.3) is 0 Å². The molecule has 0 unspecified atom stereocenters. The number of nitriles is 1. The van der Waals surface area contributed by atoms with Crippen molar-refractivity contribution < 1.29 is 9.59 Å². The summed E-state index contributed by atoms with van der Waals surface area (Å²) in [7, 11) is 0. The first kappa shape index (κ1) is 20.7. The van der Waals surface area contributed by atoms with E-state index in [1.165, 1.54) is 11.3 Å². The highest BCUT2D eigenvalue weighted by Crippen LogP contribution is 2.27. The van der Waals surface area contributed by atoms with Crippen LogP contribution in [0.2, 0.25) is 0 Å². The van der Waals surface area contributed by atoms with Crippen LogP contribution in [-0.2, 0) is 9.59 Å². The van der Waals surface area contributed by atoms with Crippen molar-refractivity contribution >= 4 is 28.3 Å². The van der Waals surface area contributed by atoms with Crippen LogP contribution in [0.5, 0.6) is 0 Å². The van der Waals surface area contributed by atoms with Gasteiger partial charge in [-0.1, -0.05) is 25.7 Å². The van der Waals surface area contributed by atoms with Crippen molar-refractivity contribution in [1.29, 1.82) is 5.26 Å². The van der Waals surface area contributed by atoms with Crippen LogP contribution in [0.3, 0.4) is 0 Å². The molecule has 8 heteroatoms. The van der Waals surface area contributed by atoms with E-state index in [0.717, 1.165) is 57.1 Å². The summed E-state index contributed by atoms with van der Waals surface area (Å²) in [5.74, 6) is -0.110. The van der Waals surface area contributed by atoms with Gasteiger partial charge in [0.05, 0.1) is 18.3 Å². The molecule has 1 aliphatic carbocycles. The lowest BCUT2D eigenvalue weighted by Crippen LogP contribution is -2.51. The Balaban J connectivity index is 1.44. The number of thiazole rings is 1. The average Bonchev–Trinajstić information content (AvgIpc) is 2.95. The largest absolute Gasteiger partial charge is 0.337 e.